The molecule has 0 spiro atoms. The molecule has 2 nitrogen and oxygen atoms in total. The van der Waals surface area contributed by atoms with Gasteiger partial charge in [-0.05, 0) is 35.6 Å². The predicted molar refractivity (Wildman–Crippen MR) is 96.4 cm³/mol. The van der Waals surface area contributed by atoms with E-state index in [1.807, 2.05) is 72.1 Å². The summed E-state index contributed by atoms with van der Waals surface area (Å²) in [5.41, 5.74) is 1.90. The summed E-state index contributed by atoms with van der Waals surface area (Å²) in [6, 6.07) is 19.8. The molecule has 1 aliphatic rings. The Morgan fingerprint density at radius 1 is 0.955 bits per heavy atom. The number of hydrogen-bond acceptors (Lipinski definition) is 3. The van der Waals surface area contributed by atoms with Gasteiger partial charge < -0.3 is 5.32 Å². The molecule has 1 saturated heterocycles. The monoisotopic (exact) mass is 329 g/mol. The number of thioether (sulfide) groups is 2. The van der Waals surface area contributed by atoms with E-state index in [9.17, 15) is 4.79 Å². The zero-order valence-corrected chi connectivity index (χ0v) is 13.9. The van der Waals surface area contributed by atoms with Gasteiger partial charge in [-0.25, -0.2) is 0 Å². The third-order valence-electron chi connectivity index (χ3n) is 3.61. The van der Waals surface area contributed by atoms with Gasteiger partial charge in [0.1, 0.15) is 0 Å². The first-order valence-corrected chi connectivity index (χ1v) is 9.58. The molecule has 0 radical (unpaired) electrons. The van der Waals surface area contributed by atoms with Gasteiger partial charge in [0, 0.05) is 5.56 Å². The Bertz CT molecular complexity index is 597. The highest BCUT2D eigenvalue weighted by molar-refractivity contribution is 8.17. The Balaban J connectivity index is 1.81. The topological polar surface area (TPSA) is 29.1 Å². The van der Waals surface area contributed by atoms with Crippen molar-refractivity contribution in [2.24, 2.45) is 0 Å². The Kier molecular flexibility index (Phi) is 5.46. The number of benzene rings is 2. The molecule has 1 amide bonds. The van der Waals surface area contributed by atoms with Crippen molar-refractivity contribution in [3.8, 4) is 0 Å². The van der Waals surface area contributed by atoms with E-state index in [0.29, 0.717) is 10.1 Å². The second kappa shape index (κ2) is 7.75. The minimum atomic E-state index is 0.00114. The molecular formula is C18H19NOS2. The third kappa shape index (κ3) is 3.87. The molecular weight excluding hydrogens is 310 g/mol. The highest BCUT2D eigenvalue weighted by Crippen LogP contribution is 2.39. The van der Waals surface area contributed by atoms with Crippen LogP contribution in [0.3, 0.4) is 0 Å². The molecule has 3 rings (SSSR count). The number of amides is 1. The Hall–Kier alpha value is -1.39. The standard InChI is InChI=1S/C18H19NOS2/c20-17(15-10-5-2-6-11-15)19-16(14-8-3-1-4-9-14)18-21-12-7-13-22-18/h1-6,8-11,16,18H,7,12-13H2,(H,19,20). The highest BCUT2D eigenvalue weighted by atomic mass is 32.2. The fraction of sp³-hybridized carbons (Fsp3) is 0.278. The molecule has 1 N–H and O–H groups in total. The van der Waals surface area contributed by atoms with Gasteiger partial charge in [-0.1, -0.05) is 48.5 Å². The van der Waals surface area contributed by atoms with Crippen molar-refractivity contribution in [2.75, 3.05) is 11.5 Å². The lowest BCUT2D eigenvalue weighted by molar-refractivity contribution is 0.0939. The minimum absolute atomic E-state index is 0.00114. The summed E-state index contributed by atoms with van der Waals surface area (Å²) in [7, 11) is 0. The van der Waals surface area contributed by atoms with Crippen molar-refractivity contribution in [2.45, 2.75) is 17.0 Å². The van der Waals surface area contributed by atoms with Gasteiger partial charge in [0.15, 0.2) is 0 Å². The van der Waals surface area contributed by atoms with Crippen molar-refractivity contribution >= 4 is 29.4 Å². The van der Waals surface area contributed by atoms with Crippen LogP contribution in [-0.4, -0.2) is 22.0 Å². The summed E-state index contributed by atoms with van der Waals surface area (Å²) in [5, 5.41) is 3.24. The van der Waals surface area contributed by atoms with Gasteiger partial charge in [-0.2, -0.15) is 0 Å². The summed E-state index contributed by atoms with van der Waals surface area (Å²) in [4.78, 5) is 12.5. The second-order valence-corrected chi connectivity index (χ2v) is 7.99. The van der Waals surface area contributed by atoms with E-state index in [0.717, 1.165) is 0 Å². The lowest BCUT2D eigenvalue weighted by Gasteiger charge is -2.30. The maximum Gasteiger partial charge on any atom is 0.251 e. The van der Waals surface area contributed by atoms with E-state index in [4.69, 9.17) is 0 Å². The molecule has 4 heteroatoms. The van der Waals surface area contributed by atoms with Gasteiger partial charge in [0.25, 0.3) is 5.91 Å². The van der Waals surface area contributed by atoms with Crippen LogP contribution in [0.5, 0.6) is 0 Å². The molecule has 1 aliphatic heterocycles. The lowest BCUT2D eigenvalue weighted by atomic mass is 10.1. The summed E-state index contributed by atoms with van der Waals surface area (Å²) in [5.74, 6) is 2.34. The van der Waals surface area contributed by atoms with E-state index >= 15 is 0 Å². The molecule has 114 valence electrons. The summed E-state index contributed by atoms with van der Waals surface area (Å²) >= 11 is 3.90. The average Bonchev–Trinajstić information content (AvgIpc) is 2.62. The Morgan fingerprint density at radius 2 is 1.55 bits per heavy atom. The third-order valence-corrected chi connectivity index (χ3v) is 6.67. The smallest absolute Gasteiger partial charge is 0.251 e. The molecule has 22 heavy (non-hydrogen) atoms. The first kappa shape index (κ1) is 15.5. The normalized spacial score (nSPS) is 16.9. The van der Waals surface area contributed by atoms with Gasteiger partial charge in [0.2, 0.25) is 0 Å². The van der Waals surface area contributed by atoms with Crippen LogP contribution in [0, 0.1) is 0 Å². The Labute approximate surface area is 140 Å². The van der Waals surface area contributed by atoms with Crippen LogP contribution in [0.15, 0.2) is 60.7 Å². The van der Waals surface area contributed by atoms with Crippen molar-refractivity contribution in [3.05, 3.63) is 71.8 Å². The predicted octanol–water partition coefficient (Wildman–Crippen LogP) is 4.35. The SMILES string of the molecule is O=C(NC(c1ccccc1)C1SCCCS1)c1ccccc1. The fourth-order valence-corrected chi connectivity index (χ4v) is 5.55. The zero-order chi connectivity index (χ0) is 15.2. The molecule has 0 aromatic heterocycles. The van der Waals surface area contributed by atoms with Gasteiger partial charge in [-0.3, -0.25) is 4.79 Å². The molecule has 1 heterocycles. The van der Waals surface area contributed by atoms with Crippen LogP contribution in [0.2, 0.25) is 0 Å². The lowest BCUT2D eigenvalue weighted by Crippen LogP contribution is -2.35. The van der Waals surface area contributed by atoms with Crippen molar-refractivity contribution in [1.29, 1.82) is 0 Å². The zero-order valence-electron chi connectivity index (χ0n) is 12.3. The molecule has 0 saturated carbocycles. The quantitative estimate of drug-likeness (QED) is 0.904. The number of hydrogen-bond donors (Lipinski definition) is 1. The van der Waals surface area contributed by atoms with Crippen LogP contribution in [0.4, 0.5) is 0 Å². The van der Waals surface area contributed by atoms with Crippen molar-refractivity contribution in [1.82, 2.24) is 5.32 Å². The molecule has 1 unspecified atom stereocenters. The second-order valence-electron chi connectivity index (χ2n) is 5.19. The summed E-state index contributed by atoms with van der Waals surface area (Å²) < 4.78 is 0.379. The maximum absolute atomic E-state index is 12.5. The van der Waals surface area contributed by atoms with Crippen LogP contribution in [0.25, 0.3) is 0 Å². The average molecular weight is 329 g/mol. The van der Waals surface area contributed by atoms with E-state index in [-0.39, 0.29) is 11.9 Å². The number of carbonyl (C=O) groups excluding carboxylic acids is 1. The Morgan fingerprint density at radius 3 is 2.18 bits per heavy atom. The van der Waals surface area contributed by atoms with Crippen LogP contribution < -0.4 is 5.32 Å². The summed E-state index contributed by atoms with van der Waals surface area (Å²) in [6.07, 6.45) is 1.25. The van der Waals surface area contributed by atoms with Crippen LogP contribution in [-0.2, 0) is 0 Å². The number of carbonyl (C=O) groups is 1. The molecule has 2 aromatic rings. The van der Waals surface area contributed by atoms with Crippen LogP contribution in [0.1, 0.15) is 28.4 Å². The van der Waals surface area contributed by atoms with Crippen molar-refractivity contribution in [3.63, 3.8) is 0 Å². The minimum Gasteiger partial charge on any atom is -0.343 e. The van der Waals surface area contributed by atoms with E-state index in [1.165, 1.54) is 23.5 Å². The van der Waals surface area contributed by atoms with Crippen molar-refractivity contribution < 1.29 is 4.79 Å². The summed E-state index contributed by atoms with van der Waals surface area (Å²) in [6.45, 7) is 0. The first-order valence-electron chi connectivity index (χ1n) is 7.48. The van der Waals surface area contributed by atoms with E-state index < -0.39 is 0 Å². The van der Waals surface area contributed by atoms with E-state index in [1.54, 1.807) is 0 Å². The molecule has 2 aromatic carbocycles. The molecule has 1 fully saturated rings. The van der Waals surface area contributed by atoms with Gasteiger partial charge >= 0.3 is 0 Å². The largest absolute Gasteiger partial charge is 0.343 e. The van der Waals surface area contributed by atoms with Gasteiger partial charge in [0.05, 0.1) is 10.6 Å². The van der Waals surface area contributed by atoms with Gasteiger partial charge in [-0.15, -0.1) is 23.5 Å². The highest BCUT2D eigenvalue weighted by Gasteiger charge is 2.27. The first-order chi connectivity index (χ1) is 10.8. The molecule has 0 aliphatic carbocycles. The molecule has 1 atom stereocenters. The van der Waals surface area contributed by atoms with Crippen LogP contribution >= 0.6 is 23.5 Å². The number of nitrogens with one attached hydrogen (secondary N) is 1. The number of rotatable bonds is 4. The van der Waals surface area contributed by atoms with E-state index in [2.05, 4.69) is 17.4 Å². The fourth-order valence-electron chi connectivity index (χ4n) is 2.48. The molecule has 0 bridgehead atoms. The maximum atomic E-state index is 12.5.